The van der Waals surface area contributed by atoms with Gasteiger partial charge in [-0.25, -0.2) is 4.79 Å². The quantitative estimate of drug-likeness (QED) is 0.317. The van der Waals surface area contributed by atoms with Gasteiger partial charge in [-0.2, -0.15) is 0 Å². The number of ether oxygens (including phenoxy) is 2. The first-order valence-corrected chi connectivity index (χ1v) is 12.0. The summed E-state index contributed by atoms with van der Waals surface area (Å²) in [6.07, 6.45) is 0.328. The van der Waals surface area contributed by atoms with Crippen molar-refractivity contribution in [3.63, 3.8) is 0 Å². The Balaban J connectivity index is 1.61. The van der Waals surface area contributed by atoms with Crippen LogP contribution in [0.5, 0.6) is 11.5 Å². The molecule has 0 heterocycles. The van der Waals surface area contributed by atoms with Crippen molar-refractivity contribution in [2.75, 3.05) is 6.61 Å². The second kappa shape index (κ2) is 11.7. The number of hydrogen-bond acceptors (Lipinski definition) is 5. The Hall–Kier alpha value is -3.93. The number of amides is 1. The molecule has 0 aliphatic heterocycles. The van der Waals surface area contributed by atoms with Crippen LogP contribution in [0.15, 0.2) is 72.8 Å². The van der Waals surface area contributed by atoms with E-state index in [1.54, 1.807) is 60.7 Å². The smallest absolute Gasteiger partial charge is 0.343 e. The number of esters is 1. The predicted molar refractivity (Wildman–Crippen MR) is 140 cm³/mol. The van der Waals surface area contributed by atoms with Gasteiger partial charge in [0.25, 0.3) is 5.91 Å². The highest BCUT2D eigenvalue weighted by Gasteiger charge is 2.20. The highest BCUT2D eigenvalue weighted by molar-refractivity contribution is 5.97. The van der Waals surface area contributed by atoms with E-state index in [2.05, 4.69) is 26.1 Å². The molecule has 1 amide bonds. The van der Waals surface area contributed by atoms with Crippen LogP contribution in [0.2, 0.25) is 0 Å². The molecular formula is C30H33NO5. The van der Waals surface area contributed by atoms with Gasteiger partial charge in [0, 0.05) is 5.56 Å². The van der Waals surface area contributed by atoms with Crippen molar-refractivity contribution in [1.29, 1.82) is 0 Å². The maximum absolute atomic E-state index is 12.7. The molecule has 6 nitrogen and oxygen atoms in total. The van der Waals surface area contributed by atoms with Crippen LogP contribution in [0.3, 0.4) is 0 Å². The van der Waals surface area contributed by atoms with Crippen molar-refractivity contribution < 1.29 is 23.9 Å². The molecule has 0 radical (unpaired) electrons. The zero-order valence-corrected chi connectivity index (χ0v) is 21.5. The monoisotopic (exact) mass is 487 g/mol. The van der Waals surface area contributed by atoms with Crippen LogP contribution in [0.25, 0.3) is 0 Å². The van der Waals surface area contributed by atoms with E-state index in [1.807, 2.05) is 19.1 Å². The number of hydrogen-bond donors (Lipinski definition) is 1. The third kappa shape index (κ3) is 7.28. The normalized spacial score (nSPS) is 11.9. The van der Waals surface area contributed by atoms with Gasteiger partial charge < -0.3 is 14.8 Å². The van der Waals surface area contributed by atoms with E-state index in [0.717, 1.165) is 11.1 Å². The molecule has 3 aromatic carbocycles. The Morgan fingerprint density at radius 2 is 1.36 bits per heavy atom. The highest BCUT2D eigenvalue weighted by Crippen LogP contribution is 2.22. The zero-order chi connectivity index (χ0) is 26.3. The lowest BCUT2D eigenvalue weighted by atomic mass is 9.86. The first-order valence-electron chi connectivity index (χ1n) is 12.0. The SMILES string of the molecule is CCOc1ccc(C(=O)Oc2ccc(C[C@H](NC(=O)c3ccc(C(C)(C)C)cc3)C(C)=O)cc2)cc1. The zero-order valence-electron chi connectivity index (χ0n) is 21.5. The largest absolute Gasteiger partial charge is 0.494 e. The molecule has 6 heteroatoms. The van der Waals surface area contributed by atoms with Gasteiger partial charge in [-0.15, -0.1) is 0 Å². The molecule has 0 spiro atoms. The van der Waals surface area contributed by atoms with E-state index in [0.29, 0.717) is 35.7 Å². The molecule has 0 aliphatic rings. The van der Waals surface area contributed by atoms with Crippen molar-refractivity contribution in [2.45, 2.75) is 52.5 Å². The van der Waals surface area contributed by atoms with Gasteiger partial charge in [0.05, 0.1) is 18.2 Å². The summed E-state index contributed by atoms with van der Waals surface area (Å²) in [5, 5.41) is 2.84. The fourth-order valence-corrected chi connectivity index (χ4v) is 3.61. The van der Waals surface area contributed by atoms with Gasteiger partial charge in [0.15, 0.2) is 5.78 Å². The lowest BCUT2D eigenvalue weighted by molar-refractivity contribution is -0.118. The van der Waals surface area contributed by atoms with Crippen LogP contribution >= 0.6 is 0 Å². The molecule has 0 unspecified atom stereocenters. The van der Waals surface area contributed by atoms with Gasteiger partial charge in [-0.05, 0) is 85.3 Å². The second-order valence-electron chi connectivity index (χ2n) is 9.66. The number of benzene rings is 3. The predicted octanol–water partition coefficient (Wildman–Crippen LogP) is 5.53. The molecule has 0 saturated heterocycles. The average Bonchev–Trinajstić information content (AvgIpc) is 2.85. The third-order valence-corrected chi connectivity index (χ3v) is 5.78. The lowest BCUT2D eigenvalue weighted by Crippen LogP contribution is -2.41. The maximum atomic E-state index is 12.7. The number of nitrogens with one attached hydrogen (secondary N) is 1. The first kappa shape index (κ1) is 26.7. The van der Waals surface area contributed by atoms with Gasteiger partial charge in [-0.3, -0.25) is 9.59 Å². The van der Waals surface area contributed by atoms with E-state index in [-0.39, 0.29) is 17.1 Å². The fraction of sp³-hybridized carbons (Fsp3) is 0.300. The number of carbonyl (C=O) groups excluding carboxylic acids is 3. The van der Waals surface area contributed by atoms with Crippen molar-refractivity contribution in [3.8, 4) is 11.5 Å². The van der Waals surface area contributed by atoms with Crippen molar-refractivity contribution in [3.05, 3.63) is 95.1 Å². The Labute approximate surface area is 212 Å². The molecule has 3 aromatic rings. The summed E-state index contributed by atoms with van der Waals surface area (Å²) in [6, 6.07) is 20.4. The van der Waals surface area contributed by atoms with Gasteiger partial charge in [0.2, 0.25) is 0 Å². The summed E-state index contributed by atoms with van der Waals surface area (Å²) in [7, 11) is 0. The Kier molecular flexibility index (Phi) is 8.64. The summed E-state index contributed by atoms with van der Waals surface area (Å²) in [5.41, 5.74) is 2.87. The average molecular weight is 488 g/mol. The summed E-state index contributed by atoms with van der Waals surface area (Å²) in [6.45, 7) is 10.2. The minimum Gasteiger partial charge on any atom is -0.494 e. The minimum atomic E-state index is -0.669. The molecule has 0 fully saturated rings. The fourth-order valence-electron chi connectivity index (χ4n) is 3.61. The van der Waals surface area contributed by atoms with Gasteiger partial charge >= 0.3 is 5.97 Å². The molecule has 1 atom stereocenters. The molecule has 188 valence electrons. The molecule has 36 heavy (non-hydrogen) atoms. The van der Waals surface area contributed by atoms with Crippen molar-refractivity contribution >= 4 is 17.7 Å². The summed E-state index contributed by atoms with van der Waals surface area (Å²) < 4.78 is 10.8. The first-order chi connectivity index (χ1) is 17.1. The van der Waals surface area contributed by atoms with E-state index in [4.69, 9.17) is 9.47 Å². The topological polar surface area (TPSA) is 81.7 Å². The number of ketones is 1. The molecule has 0 bridgehead atoms. The van der Waals surface area contributed by atoms with Crippen LogP contribution in [0, 0.1) is 0 Å². The minimum absolute atomic E-state index is 0.00829. The standard InChI is InChI=1S/C30H33NO5/c1-6-35-25-17-11-23(12-18-25)29(34)36-26-15-7-21(8-16-26)19-27(20(2)32)31-28(33)22-9-13-24(14-10-22)30(3,4)5/h7-18,27H,6,19H2,1-5H3,(H,31,33)/t27-/m0/s1. The highest BCUT2D eigenvalue weighted by atomic mass is 16.5. The van der Waals surface area contributed by atoms with E-state index in [1.165, 1.54) is 6.92 Å². The molecule has 3 rings (SSSR count). The Morgan fingerprint density at radius 1 is 0.806 bits per heavy atom. The molecular weight excluding hydrogens is 454 g/mol. The van der Waals surface area contributed by atoms with Crippen molar-refractivity contribution in [1.82, 2.24) is 5.32 Å². The molecule has 0 saturated carbocycles. The van der Waals surface area contributed by atoms with Gasteiger partial charge in [0.1, 0.15) is 11.5 Å². The van der Waals surface area contributed by atoms with Crippen LogP contribution in [0.4, 0.5) is 0 Å². The summed E-state index contributed by atoms with van der Waals surface area (Å²) in [5.74, 6) is 0.168. The number of carbonyl (C=O) groups is 3. The number of rotatable bonds is 9. The van der Waals surface area contributed by atoms with Gasteiger partial charge in [-0.1, -0.05) is 45.0 Å². The summed E-state index contributed by atoms with van der Waals surface area (Å²) >= 11 is 0. The van der Waals surface area contributed by atoms with Crippen LogP contribution in [-0.2, 0) is 16.6 Å². The second-order valence-corrected chi connectivity index (χ2v) is 9.66. The molecule has 0 aromatic heterocycles. The Bertz CT molecular complexity index is 1190. The Morgan fingerprint density at radius 3 is 1.89 bits per heavy atom. The van der Waals surface area contributed by atoms with Crippen molar-refractivity contribution in [2.24, 2.45) is 0 Å². The van der Waals surface area contributed by atoms with E-state index in [9.17, 15) is 14.4 Å². The van der Waals surface area contributed by atoms with Crippen LogP contribution < -0.4 is 14.8 Å². The summed E-state index contributed by atoms with van der Waals surface area (Å²) in [4.78, 5) is 37.4. The maximum Gasteiger partial charge on any atom is 0.343 e. The molecule has 0 aliphatic carbocycles. The van der Waals surface area contributed by atoms with Crippen LogP contribution in [0.1, 0.15) is 66.5 Å². The van der Waals surface area contributed by atoms with E-state index >= 15 is 0 Å². The van der Waals surface area contributed by atoms with E-state index < -0.39 is 12.0 Å². The molecule has 1 N–H and O–H groups in total. The lowest BCUT2D eigenvalue weighted by Gasteiger charge is -2.20. The third-order valence-electron chi connectivity index (χ3n) is 5.78. The number of Topliss-reactive ketones (excluding diaryl/α,β-unsaturated/α-hetero) is 1. The van der Waals surface area contributed by atoms with Crippen LogP contribution in [-0.4, -0.2) is 30.3 Å².